The van der Waals surface area contributed by atoms with Crippen molar-refractivity contribution >= 4 is 17.6 Å². The van der Waals surface area contributed by atoms with Crippen LogP contribution in [0, 0.1) is 11.3 Å². The highest BCUT2D eigenvalue weighted by atomic mass is 16.7. The van der Waals surface area contributed by atoms with E-state index in [0.29, 0.717) is 12.1 Å². The number of anilines is 1. The summed E-state index contributed by atoms with van der Waals surface area (Å²) in [4.78, 5) is 23.4. The summed E-state index contributed by atoms with van der Waals surface area (Å²) in [5.41, 5.74) is 1.36. The van der Waals surface area contributed by atoms with Crippen LogP contribution in [0.15, 0.2) is 36.0 Å². The highest BCUT2D eigenvalue weighted by molar-refractivity contribution is 6.15. The van der Waals surface area contributed by atoms with E-state index in [1.54, 1.807) is 24.3 Å². The summed E-state index contributed by atoms with van der Waals surface area (Å²) in [6, 6.07) is 9.10. The average molecular weight is 286 g/mol. The first-order valence-corrected chi connectivity index (χ1v) is 6.30. The van der Waals surface area contributed by atoms with Crippen LogP contribution in [0.2, 0.25) is 0 Å². The lowest BCUT2D eigenvalue weighted by Crippen LogP contribution is -2.42. The SMILES string of the molecule is CC1(C)OC(=O)C(=CNc2ccc(CC#N)cc2)C(=O)O1. The molecule has 0 unspecified atom stereocenters. The second-order valence-electron chi connectivity index (χ2n) is 4.91. The maximum absolute atomic E-state index is 11.7. The Labute approximate surface area is 122 Å². The van der Waals surface area contributed by atoms with Gasteiger partial charge in [-0.25, -0.2) is 9.59 Å². The van der Waals surface area contributed by atoms with Crippen molar-refractivity contribution in [3.8, 4) is 6.07 Å². The van der Waals surface area contributed by atoms with E-state index in [4.69, 9.17) is 14.7 Å². The van der Waals surface area contributed by atoms with Gasteiger partial charge in [0.05, 0.1) is 12.5 Å². The number of nitrogens with one attached hydrogen (secondary N) is 1. The average Bonchev–Trinajstić information content (AvgIpc) is 2.38. The van der Waals surface area contributed by atoms with Crippen molar-refractivity contribution in [3.63, 3.8) is 0 Å². The minimum absolute atomic E-state index is 0.199. The van der Waals surface area contributed by atoms with Gasteiger partial charge in [-0.1, -0.05) is 12.1 Å². The first-order valence-electron chi connectivity index (χ1n) is 6.30. The molecular weight excluding hydrogens is 272 g/mol. The predicted molar refractivity (Wildman–Crippen MR) is 73.7 cm³/mol. The van der Waals surface area contributed by atoms with Gasteiger partial charge in [0.15, 0.2) is 5.57 Å². The van der Waals surface area contributed by atoms with Crippen LogP contribution in [-0.4, -0.2) is 17.7 Å². The van der Waals surface area contributed by atoms with Crippen LogP contribution in [-0.2, 0) is 25.5 Å². The van der Waals surface area contributed by atoms with Gasteiger partial charge < -0.3 is 14.8 Å². The highest BCUT2D eigenvalue weighted by Crippen LogP contribution is 2.22. The summed E-state index contributed by atoms with van der Waals surface area (Å²) >= 11 is 0. The second kappa shape index (κ2) is 5.67. The molecular formula is C15H14N2O4. The number of nitriles is 1. The third-order valence-corrected chi connectivity index (χ3v) is 2.74. The predicted octanol–water partition coefficient (Wildman–Crippen LogP) is 1.88. The van der Waals surface area contributed by atoms with Crippen LogP contribution >= 0.6 is 0 Å². The Hall–Kier alpha value is -2.81. The molecule has 1 heterocycles. The molecule has 1 aromatic carbocycles. The number of esters is 2. The van der Waals surface area contributed by atoms with Crippen LogP contribution in [0.3, 0.4) is 0 Å². The minimum Gasteiger partial charge on any atom is -0.419 e. The molecule has 1 N–H and O–H groups in total. The third kappa shape index (κ3) is 3.60. The van der Waals surface area contributed by atoms with Crippen molar-refractivity contribution in [2.75, 3.05) is 5.32 Å². The number of rotatable bonds is 3. The number of hydrogen-bond donors (Lipinski definition) is 1. The lowest BCUT2D eigenvalue weighted by atomic mass is 10.1. The van der Waals surface area contributed by atoms with Gasteiger partial charge in [0.2, 0.25) is 0 Å². The summed E-state index contributed by atoms with van der Waals surface area (Å²) in [5.74, 6) is -2.71. The Balaban J connectivity index is 2.09. The van der Waals surface area contributed by atoms with Crippen LogP contribution in [0.5, 0.6) is 0 Å². The largest absolute Gasteiger partial charge is 0.419 e. The molecule has 0 saturated carbocycles. The van der Waals surface area contributed by atoms with Gasteiger partial charge in [-0.3, -0.25) is 0 Å². The molecule has 2 rings (SSSR count). The quantitative estimate of drug-likeness (QED) is 0.518. The van der Waals surface area contributed by atoms with Gasteiger partial charge >= 0.3 is 11.9 Å². The van der Waals surface area contributed by atoms with Crippen molar-refractivity contribution in [2.24, 2.45) is 0 Å². The molecule has 6 heteroatoms. The maximum atomic E-state index is 11.7. The third-order valence-electron chi connectivity index (χ3n) is 2.74. The van der Waals surface area contributed by atoms with E-state index < -0.39 is 17.7 Å². The molecule has 0 bridgehead atoms. The zero-order valence-electron chi connectivity index (χ0n) is 11.7. The number of cyclic esters (lactones) is 2. The minimum atomic E-state index is -1.25. The number of nitrogens with zero attached hydrogens (tertiary/aromatic N) is 1. The first kappa shape index (κ1) is 14.6. The standard InChI is InChI=1S/C15H14N2O4/c1-15(2)20-13(18)12(14(19)21-15)9-17-11-5-3-10(4-6-11)7-8-16/h3-6,9,17H,7H2,1-2H3. The molecule has 0 atom stereocenters. The lowest BCUT2D eigenvalue weighted by molar-refractivity contribution is -0.222. The van der Waals surface area contributed by atoms with Crippen molar-refractivity contribution in [1.82, 2.24) is 0 Å². The molecule has 0 spiro atoms. The molecule has 1 fully saturated rings. The van der Waals surface area contributed by atoms with E-state index in [1.165, 1.54) is 20.0 Å². The number of carbonyl (C=O) groups excluding carboxylic acids is 2. The Bertz CT molecular complexity index is 617. The fourth-order valence-electron chi connectivity index (χ4n) is 1.74. The van der Waals surface area contributed by atoms with E-state index in [-0.39, 0.29) is 5.57 Å². The summed E-state index contributed by atoms with van der Waals surface area (Å²) < 4.78 is 9.94. The Morgan fingerprint density at radius 2 is 1.76 bits per heavy atom. The highest BCUT2D eigenvalue weighted by Gasteiger charge is 2.38. The Kier molecular flexibility index (Phi) is 3.94. The van der Waals surface area contributed by atoms with Crippen molar-refractivity contribution in [1.29, 1.82) is 5.26 Å². The number of benzene rings is 1. The van der Waals surface area contributed by atoms with E-state index in [1.807, 2.05) is 0 Å². The molecule has 1 aliphatic heterocycles. The van der Waals surface area contributed by atoms with E-state index in [9.17, 15) is 9.59 Å². The molecule has 1 aliphatic rings. The number of ether oxygens (including phenoxy) is 2. The Morgan fingerprint density at radius 1 is 1.19 bits per heavy atom. The van der Waals surface area contributed by atoms with E-state index in [2.05, 4.69) is 11.4 Å². The topological polar surface area (TPSA) is 88.4 Å². The molecule has 1 aromatic rings. The van der Waals surface area contributed by atoms with Gasteiger partial charge in [-0.15, -0.1) is 0 Å². The van der Waals surface area contributed by atoms with E-state index in [0.717, 1.165) is 5.56 Å². The van der Waals surface area contributed by atoms with Gasteiger partial charge in [0.25, 0.3) is 5.79 Å². The van der Waals surface area contributed by atoms with Crippen molar-refractivity contribution < 1.29 is 19.1 Å². The summed E-state index contributed by atoms with van der Waals surface area (Å²) in [6.45, 7) is 2.97. The van der Waals surface area contributed by atoms with E-state index >= 15 is 0 Å². The molecule has 108 valence electrons. The zero-order chi connectivity index (χ0) is 15.5. The first-order chi connectivity index (χ1) is 9.91. The van der Waals surface area contributed by atoms with Gasteiger partial charge in [-0.2, -0.15) is 5.26 Å². The Morgan fingerprint density at radius 3 is 2.29 bits per heavy atom. The summed E-state index contributed by atoms with van der Waals surface area (Å²) in [5, 5.41) is 11.4. The normalized spacial score (nSPS) is 16.5. The molecule has 0 aromatic heterocycles. The van der Waals surface area contributed by atoms with Crippen LogP contribution in [0.1, 0.15) is 19.4 Å². The fourth-order valence-corrected chi connectivity index (χ4v) is 1.74. The molecule has 21 heavy (non-hydrogen) atoms. The van der Waals surface area contributed by atoms with Crippen LogP contribution in [0.25, 0.3) is 0 Å². The summed E-state index contributed by atoms with van der Waals surface area (Å²) in [6.07, 6.45) is 1.58. The molecule has 6 nitrogen and oxygen atoms in total. The lowest BCUT2D eigenvalue weighted by Gasteiger charge is -2.29. The molecule has 0 amide bonds. The number of hydrogen-bond acceptors (Lipinski definition) is 6. The summed E-state index contributed by atoms with van der Waals surface area (Å²) in [7, 11) is 0. The maximum Gasteiger partial charge on any atom is 0.350 e. The fraction of sp³-hybridized carbons (Fsp3) is 0.267. The molecule has 0 radical (unpaired) electrons. The van der Waals surface area contributed by atoms with Crippen molar-refractivity contribution in [3.05, 3.63) is 41.6 Å². The van der Waals surface area contributed by atoms with Crippen molar-refractivity contribution in [2.45, 2.75) is 26.1 Å². The molecule has 1 saturated heterocycles. The smallest absolute Gasteiger partial charge is 0.350 e. The van der Waals surface area contributed by atoms with Crippen LogP contribution in [0.4, 0.5) is 5.69 Å². The zero-order valence-corrected chi connectivity index (χ0v) is 11.7. The van der Waals surface area contributed by atoms with Gasteiger partial charge in [0, 0.05) is 25.7 Å². The van der Waals surface area contributed by atoms with Gasteiger partial charge in [-0.05, 0) is 17.7 Å². The van der Waals surface area contributed by atoms with Gasteiger partial charge in [0.1, 0.15) is 0 Å². The second-order valence-corrected chi connectivity index (χ2v) is 4.91. The monoisotopic (exact) mass is 286 g/mol. The number of carbonyl (C=O) groups is 2. The molecule has 0 aliphatic carbocycles. The van der Waals surface area contributed by atoms with Crippen LogP contribution < -0.4 is 5.32 Å².